The largest absolute Gasteiger partial charge is 0.395 e. The third kappa shape index (κ3) is 4.46. The van der Waals surface area contributed by atoms with Gasteiger partial charge >= 0.3 is 0 Å². The van der Waals surface area contributed by atoms with E-state index in [-0.39, 0.29) is 6.61 Å². The number of aliphatic hydroxyl groups excluding tert-OH is 1. The minimum absolute atomic E-state index is 0.273. The number of halogens is 1. The van der Waals surface area contributed by atoms with E-state index in [2.05, 4.69) is 41.3 Å². The zero-order chi connectivity index (χ0) is 7.98. The van der Waals surface area contributed by atoms with Crippen molar-refractivity contribution in [2.24, 2.45) is 0 Å². The SMILES string of the molecule is CC(C)N(CCO)CCI. The molecular formula is C7H16INO. The van der Waals surface area contributed by atoms with Crippen LogP contribution in [0.2, 0.25) is 0 Å². The molecule has 0 amide bonds. The molecule has 0 aromatic heterocycles. The molecule has 0 aliphatic heterocycles. The smallest absolute Gasteiger partial charge is 0.0558 e. The molecule has 0 unspecified atom stereocenters. The van der Waals surface area contributed by atoms with Crippen molar-refractivity contribution in [1.82, 2.24) is 4.90 Å². The van der Waals surface area contributed by atoms with Gasteiger partial charge in [0.2, 0.25) is 0 Å². The van der Waals surface area contributed by atoms with Crippen LogP contribution in [0.4, 0.5) is 0 Å². The van der Waals surface area contributed by atoms with E-state index in [4.69, 9.17) is 5.11 Å². The van der Waals surface area contributed by atoms with Gasteiger partial charge in [-0.05, 0) is 13.8 Å². The van der Waals surface area contributed by atoms with Crippen LogP contribution >= 0.6 is 22.6 Å². The number of hydrogen-bond donors (Lipinski definition) is 1. The first-order chi connectivity index (χ1) is 4.72. The maximum Gasteiger partial charge on any atom is 0.0558 e. The van der Waals surface area contributed by atoms with Gasteiger partial charge in [-0.1, -0.05) is 22.6 Å². The highest BCUT2D eigenvalue weighted by Crippen LogP contribution is 1.97. The van der Waals surface area contributed by atoms with Crippen LogP contribution in [0.15, 0.2) is 0 Å². The molecule has 0 saturated heterocycles. The molecule has 0 bridgehead atoms. The lowest BCUT2D eigenvalue weighted by molar-refractivity contribution is 0.175. The minimum atomic E-state index is 0.273. The van der Waals surface area contributed by atoms with E-state index in [1.54, 1.807) is 0 Å². The maximum absolute atomic E-state index is 8.67. The first-order valence-electron chi connectivity index (χ1n) is 3.63. The van der Waals surface area contributed by atoms with Crippen LogP contribution in [0, 0.1) is 0 Å². The second-order valence-corrected chi connectivity index (χ2v) is 3.62. The van der Waals surface area contributed by atoms with Crippen LogP contribution in [0.3, 0.4) is 0 Å². The average Bonchev–Trinajstić information content (AvgIpc) is 1.87. The number of nitrogens with zero attached hydrogens (tertiary/aromatic N) is 1. The molecule has 0 rings (SSSR count). The van der Waals surface area contributed by atoms with E-state index in [1.165, 1.54) is 0 Å². The van der Waals surface area contributed by atoms with E-state index in [9.17, 15) is 0 Å². The summed E-state index contributed by atoms with van der Waals surface area (Å²) in [4.78, 5) is 2.27. The Morgan fingerprint density at radius 1 is 1.40 bits per heavy atom. The molecule has 0 heterocycles. The molecule has 3 heteroatoms. The molecule has 0 aromatic rings. The van der Waals surface area contributed by atoms with E-state index in [0.717, 1.165) is 17.5 Å². The number of hydrogen-bond acceptors (Lipinski definition) is 2. The summed E-state index contributed by atoms with van der Waals surface area (Å²) in [7, 11) is 0. The van der Waals surface area contributed by atoms with Crippen molar-refractivity contribution in [3.05, 3.63) is 0 Å². The molecule has 0 radical (unpaired) electrons. The van der Waals surface area contributed by atoms with Crippen molar-refractivity contribution in [2.75, 3.05) is 24.1 Å². The van der Waals surface area contributed by atoms with Crippen LogP contribution < -0.4 is 0 Å². The second kappa shape index (κ2) is 6.37. The third-order valence-corrected chi connectivity index (χ3v) is 1.97. The fourth-order valence-corrected chi connectivity index (χ4v) is 1.48. The van der Waals surface area contributed by atoms with Crippen molar-refractivity contribution in [3.63, 3.8) is 0 Å². The van der Waals surface area contributed by atoms with Gasteiger partial charge in [-0.2, -0.15) is 0 Å². The van der Waals surface area contributed by atoms with Crippen molar-refractivity contribution in [3.8, 4) is 0 Å². The van der Waals surface area contributed by atoms with Gasteiger partial charge in [0, 0.05) is 23.6 Å². The highest BCUT2D eigenvalue weighted by atomic mass is 127. The molecule has 0 aliphatic rings. The van der Waals surface area contributed by atoms with E-state index < -0.39 is 0 Å². The highest BCUT2D eigenvalue weighted by molar-refractivity contribution is 14.1. The van der Waals surface area contributed by atoms with Gasteiger partial charge in [-0.25, -0.2) is 0 Å². The summed E-state index contributed by atoms with van der Waals surface area (Å²) in [6.45, 7) is 6.47. The Balaban J connectivity index is 3.50. The van der Waals surface area contributed by atoms with Crippen molar-refractivity contribution in [1.29, 1.82) is 0 Å². The molecule has 1 N–H and O–H groups in total. The summed E-state index contributed by atoms with van der Waals surface area (Å²) >= 11 is 2.35. The van der Waals surface area contributed by atoms with Crippen molar-refractivity contribution in [2.45, 2.75) is 19.9 Å². The summed E-state index contributed by atoms with van der Waals surface area (Å²) < 4.78 is 1.13. The predicted octanol–water partition coefficient (Wildman–Crippen LogP) is 1.12. The van der Waals surface area contributed by atoms with E-state index in [1.807, 2.05) is 0 Å². The van der Waals surface area contributed by atoms with Gasteiger partial charge in [0.25, 0.3) is 0 Å². The Hall–Kier alpha value is 0.650. The lowest BCUT2D eigenvalue weighted by Gasteiger charge is -2.24. The third-order valence-electron chi connectivity index (χ3n) is 1.49. The lowest BCUT2D eigenvalue weighted by Crippen LogP contribution is -2.34. The monoisotopic (exact) mass is 257 g/mol. The fraction of sp³-hybridized carbons (Fsp3) is 1.00. The fourth-order valence-electron chi connectivity index (χ4n) is 0.865. The summed E-state index contributed by atoms with van der Waals surface area (Å²) in [6, 6.07) is 0.557. The average molecular weight is 257 g/mol. The molecule has 0 aliphatic carbocycles. The molecule has 0 spiro atoms. The van der Waals surface area contributed by atoms with Crippen LogP contribution in [-0.4, -0.2) is 40.2 Å². The maximum atomic E-state index is 8.67. The number of alkyl halides is 1. The standard InChI is InChI=1S/C7H16INO/c1-7(2)9(4-3-8)5-6-10/h7,10H,3-6H2,1-2H3. The molecule has 0 aromatic carbocycles. The van der Waals surface area contributed by atoms with Crippen LogP contribution in [0.25, 0.3) is 0 Å². The summed E-state index contributed by atoms with van der Waals surface area (Å²) in [5.74, 6) is 0. The molecular weight excluding hydrogens is 241 g/mol. The van der Waals surface area contributed by atoms with E-state index in [0.29, 0.717) is 6.04 Å². The highest BCUT2D eigenvalue weighted by Gasteiger charge is 2.05. The van der Waals surface area contributed by atoms with E-state index >= 15 is 0 Å². The zero-order valence-corrected chi connectivity index (χ0v) is 8.84. The predicted molar refractivity (Wildman–Crippen MR) is 52.7 cm³/mol. The Morgan fingerprint density at radius 3 is 2.30 bits per heavy atom. The number of aliphatic hydroxyl groups is 1. The Kier molecular flexibility index (Phi) is 6.78. The normalized spacial score (nSPS) is 11.4. The first kappa shape index (κ1) is 10.7. The van der Waals surface area contributed by atoms with Crippen molar-refractivity contribution < 1.29 is 5.11 Å². The topological polar surface area (TPSA) is 23.5 Å². The second-order valence-electron chi connectivity index (χ2n) is 2.54. The Bertz CT molecular complexity index is 72.0. The van der Waals surface area contributed by atoms with Gasteiger partial charge in [0.05, 0.1) is 6.61 Å². The summed E-state index contributed by atoms with van der Waals surface area (Å²) in [5.41, 5.74) is 0. The molecule has 2 nitrogen and oxygen atoms in total. The minimum Gasteiger partial charge on any atom is -0.395 e. The zero-order valence-electron chi connectivity index (χ0n) is 6.68. The van der Waals surface area contributed by atoms with Crippen molar-refractivity contribution >= 4 is 22.6 Å². The van der Waals surface area contributed by atoms with Crippen LogP contribution in [-0.2, 0) is 0 Å². The van der Waals surface area contributed by atoms with Gasteiger partial charge in [-0.15, -0.1) is 0 Å². The molecule has 0 atom stereocenters. The van der Waals surface area contributed by atoms with Gasteiger partial charge in [-0.3, -0.25) is 4.90 Å². The molecule has 62 valence electrons. The van der Waals surface area contributed by atoms with Crippen LogP contribution in [0.5, 0.6) is 0 Å². The molecule has 0 fully saturated rings. The summed E-state index contributed by atoms with van der Waals surface area (Å²) in [5, 5.41) is 8.67. The summed E-state index contributed by atoms with van der Waals surface area (Å²) in [6.07, 6.45) is 0. The molecule has 10 heavy (non-hydrogen) atoms. The van der Waals surface area contributed by atoms with Gasteiger partial charge < -0.3 is 5.11 Å². The number of rotatable bonds is 5. The molecule has 0 saturated carbocycles. The van der Waals surface area contributed by atoms with Gasteiger partial charge in [0.1, 0.15) is 0 Å². The van der Waals surface area contributed by atoms with Crippen LogP contribution in [0.1, 0.15) is 13.8 Å². The lowest BCUT2D eigenvalue weighted by atomic mass is 10.3. The van der Waals surface area contributed by atoms with Gasteiger partial charge in [0.15, 0.2) is 0 Å². The Morgan fingerprint density at radius 2 is 2.00 bits per heavy atom. The Labute approximate surface area is 76.7 Å². The first-order valence-corrected chi connectivity index (χ1v) is 5.15. The quantitative estimate of drug-likeness (QED) is 0.589.